The van der Waals surface area contributed by atoms with Gasteiger partial charge in [-0.2, -0.15) is 0 Å². The topological polar surface area (TPSA) is 83.0 Å². The molecule has 2 rings (SSSR count). The van der Waals surface area contributed by atoms with Gasteiger partial charge in [0.15, 0.2) is 0 Å². The molecular formula is C17H24N6O. The van der Waals surface area contributed by atoms with Crippen LogP contribution in [0.15, 0.2) is 30.6 Å². The molecule has 0 spiro atoms. The lowest BCUT2D eigenvalue weighted by Crippen LogP contribution is -2.25. The predicted molar refractivity (Wildman–Crippen MR) is 93.8 cm³/mol. The summed E-state index contributed by atoms with van der Waals surface area (Å²) >= 11 is 0. The van der Waals surface area contributed by atoms with E-state index in [0.717, 1.165) is 30.8 Å². The molecule has 0 aliphatic heterocycles. The van der Waals surface area contributed by atoms with E-state index in [-0.39, 0.29) is 5.91 Å². The first-order valence-corrected chi connectivity index (χ1v) is 7.96. The van der Waals surface area contributed by atoms with Crippen LogP contribution in [0, 0.1) is 6.92 Å². The Kier molecular flexibility index (Phi) is 6.62. The van der Waals surface area contributed by atoms with Crippen molar-refractivity contribution in [2.24, 2.45) is 0 Å². The Hall–Kier alpha value is -2.54. The summed E-state index contributed by atoms with van der Waals surface area (Å²) in [5.74, 6) is 0.275. The van der Waals surface area contributed by atoms with Gasteiger partial charge in [0.2, 0.25) is 5.95 Å². The number of carbonyl (C=O) groups is 1. The number of anilines is 1. The molecule has 0 aliphatic carbocycles. The number of nitrogens with one attached hydrogen (secondary N) is 2. The van der Waals surface area contributed by atoms with Crippen molar-refractivity contribution in [2.75, 3.05) is 32.5 Å². The van der Waals surface area contributed by atoms with Crippen LogP contribution in [0.1, 0.15) is 28.2 Å². The molecule has 2 aromatic rings. The fourth-order valence-corrected chi connectivity index (χ4v) is 2.13. The first kappa shape index (κ1) is 17.8. The molecule has 0 radical (unpaired) electrons. The lowest BCUT2D eigenvalue weighted by atomic mass is 10.2. The minimum Gasteiger partial charge on any atom is -0.354 e. The normalized spacial score (nSPS) is 10.7. The van der Waals surface area contributed by atoms with Crippen LogP contribution in [0.3, 0.4) is 0 Å². The monoisotopic (exact) mass is 328 g/mol. The van der Waals surface area contributed by atoms with E-state index >= 15 is 0 Å². The molecule has 0 saturated heterocycles. The van der Waals surface area contributed by atoms with Crippen LogP contribution in [0.2, 0.25) is 0 Å². The number of nitrogens with zero attached hydrogens (tertiary/aromatic N) is 4. The highest BCUT2D eigenvalue weighted by Crippen LogP contribution is 2.06. The summed E-state index contributed by atoms with van der Waals surface area (Å²) in [7, 11) is 4.07. The van der Waals surface area contributed by atoms with Crippen LogP contribution in [-0.2, 0) is 6.54 Å². The first-order chi connectivity index (χ1) is 11.5. The van der Waals surface area contributed by atoms with Gasteiger partial charge in [-0.1, -0.05) is 0 Å². The smallest absolute Gasteiger partial charge is 0.270 e. The van der Waals surface area contributed by atoms with E-state index in [1.54, 1.807) is 18.5 Å². The maximum Gasteiger partial charge on any atom is 0.270 e. The van der Waals surface area contributed by atoms with Crippen LogP contribution >= 0.6 is 0 Å². The summed E-state index contributed by atoms with van der Waals surface area (Å²) in [5, 5.41) is 6.03. The molecule has 2 heterocycles. The van der Waals surface area contributed by atoms with Gasteiger partial charge in [0, 0.05) is 31.2 Å². The van der Waals surface area contributed by atoms with E-state index in [1.165, 1.54) is 0 Å². The average Bonchev–Trinajstić information content (AvgIpc) is 2.57. The Bertz CT molecular complexity index is 659. The molecule has 2 aromatic heterocycles. The third-order valence-corrected chi connectivity index (χ3v) is 3.35. The number of hydrogen-bond donors (Lipinski definition) is 2. The van der Waals surface area contributed by atoms with Gasteiger partial charge in [0.25, 0.3) is 5.91 Å². The second-order valence-corrected chi connectivity index (χ2v) is 5.84. The molecule has 0 aliphatic rings. The Labute approximate surface area is 142 Å². The highest BCUT2D eigenvalue weighted by molar-refractivity contribution is 5.92. The van der Waals surface area contributed by atoms with Crippen LogP contribution in [0.25, 0.3) is 0 Å². The molecule has 2 N–H and O–H groups in total. The molecule has 0 fully saturated rings. The van der Waals surface area contributed by atoms with Crippen molar-refractivity contribution in [3.63, 3.8) is 0 Å². The Morgan fingerprint density at radius 2 is 1.96 bits per heavy atom. The molecule has 0 unspecified atom stereocenters. The lowest BCUT2D eigenvalue weighted by Gasteiger charge is -2.11. The first-order valence-electron chi connectivity index (χ1n) is 7.96. The number of pyridine rings is 1. The molecule has 24 heavy (non-hydrogen) atoms. The highest BCUT2D eigenvalue weighted by Gasteiger charge is 2.10. The number of hydrogen-bond acceptors (Lipinski definition) is 6. The zero-order valence-corrected chi connectivity index (χ0v) is 14.4. The molecule has 7 heteroatoms. The molecule has 0 saturated carbocycles. The number of aromatic nitrogens is 3. The summed E-state index contributed by atoms with van der Waals surface area (Å²) in [5.41, 5.74) is 2.12. The summed E-state index contributed by atoms with van der Waals surface area (Å²) < 4.78 is 0. The fraction of sp³-hybridized carbons (Fsp3) is 0.412. The van der Waals surface area contributed by atoms with Gasteiger partial charge in [-0.3, -0.25) is 9.78 Å². The average molecular weight is 328 g/mol. The molecule has 0 bridgehead atoms. The van der Waals surface area contributed by atoms with Gasteiger partial charge in [0.1, 0.15) is 5.69 Å². The van der Waals surface area contributed by atoms with Crippen molar-refractivity contribution in [3.8, 4) is 0 Å². The summed E-state index contributed by atoms with van der Waals surface area (Å²) in [6.07, 6.45) is 4.38. The maximum atomic E-state index is 12.3. The van der Waals surface area contributed by atoms with E-state index in [0.29, 0.717) is 18.2 Å². The second-order valence-electron chi connectivity index (χ2n) is 5.84. The van der Waals surface area contributed by atoms with Gasteiger partial charge in [-0.25, -0.2) is 9.97 Å². The van der Waals surface area contributed by atoms with Gasteiger partial charge < -0.3 is 15.5 Å². The Morgan fingerprint density at radius 1 is 1.21 bits per heavy atom. The van der Waals surface area contributed by atoms with E-state index in [4.69, 9.17) is 0 Å². The van der Waals surface area contributed by atoms with Crippen LogP contribution in [0.5, 0.6) is 0 Å². The molecule has 1 amide bonds. The summed E-state index contributed by atoms with van der Waals surface area (Å²) in [4.78, 5) is 27.0. The van der Waals surface area contributed by atoms with Crippen molar-refractivity contribution < 1.29 is 4.79 Å². The maximum absolute atomic E-state index is 12.3. The summed E-state index contributed by atoms with van der Waals surface area (Å²) in [6.45, 7) is 4.04. The van der Waals surface area contributed by atoms with Gasteiger partial charge in [0.05, 0.1) is 0 Å². The Balaban J connectivity index is 1.92. The third kappa shape index (κ3) is 5.92. The Morgan fingerprint density at radius 3 is 2.67 bits per heavy atom. The van der Waals surface area contributed by atoms with E-state index in [2.05, 4.69) is 30.5 Å². The standard InChI is InChI=1S/C17H24N6O/c1-13-11-15(16(24)20-12-14-5-8-18-9-6-14)22-17(21-13)19-7-4-10-23(2)3/h5-6,8-9,11H,4,7,10,12H2,1-3H3,(H,20,24)(H,19,21,22). The van der Waals surface area contributed by atoms with Crippen LogP contribution in [-0.4, -0.2) is 52.9 Å². The number of aryl methyl sites for hydroxylation is 1. The molecule has 0 atom stereocenters. The molecule has 7 nitrogen and oxygen atoms in total. The van der Waals surface area contributed by atoms with Gasteiger partial charge in [-0.15, -0.1) is 0 Å². The third-order valence-electron chi connectivity index (χ3n) is 3.35. The van der Waals surface area contributed by atoms with Crippen molar-refractivity contribution in [3.05, 3.63) is 47.5 Å². The highest BCUT2D eigenvalue weighted by atomic mass is 16.1. The fourth-order valence-electron chi connectivity index (χ4n) is 2.13. The quantitative estimate of drug-likeness (QED) is 0.714. The van der Waals surface area contributed by atoms with Crippen LogP contribution in [0.4, 0.5) is 5.95 Å². The van der Waals surface area contributed by atoms with Crippen molar-refractivity contribution in [1.29, 1.82) is 0 Å². The number of amides is 1. The molecular weight excluding hydrogens is 304 g/mol. The second kappa shape index (κ2) is 8.93. The summed E-state index contributed by atoms with van der Waals surface area (Å²) in [6, 6.07) is 5.42. The van der Waals surface area contributed by atoms with Crippen molar-refractivity contribution in [2.45, 2.75) is 19.9 Å². The van der Waals surface area contributed by atoms with E-state index < -0.39 is 0 Å². The van der Waals surface area contributed by atoms with Gasteiger partial charge in [-0.05, 0) is 57.7 Å². The number of rotatable bonds is 8. The minimum absolute atomic E-state index is 0.214. The van der Waals surface area contributed by atoms with E-state index in [1.807, 2.05) is 33.2 Å². The predicted octanol–water partition coefficient (Wildman–Crippen LogP) is 1.47. The largest absolute Gasteiger partial charge is 0.354 e. The zero-order valence-electron chi connectivity index (χ0n) is 14.4. The minimum atomic E-state index is -0.214. The number of carbonyl (C=O) groups excluding carboxylic acids is 1. The van der Waals surface area contributed by atoms with E-state index in [9.17, 15) is 4.79 Å². The van der Waals surface area contributed by atoms with Crippen molar-refractivity contribution in [1.82, 2.24) is 25.2 Å². The molecule has 128 valence electrons. The van der Waals surface area contributed by atoms with Crippen molar-refractivity contribution >= 4 is 11.9 Å². The van der Waals surface area contributed by atoms with Gasteiger partial charge >= 0.3 is 0 Å². The SMILES string of the molecule is Cc1cc(C(=O)NCc2ccncc2)nc(NCCCN(C)C)n1. The van der Waals surface area contributed by atoms with Crippen LogP contribution < -0.4 is 10.6 Å². The lowest BCUT2D eigenvalue weighted by molar-refractivity contribution is 0.0945. The zero-order chi connectivity index (χ0) is 17.4. The molecule has 0 aromatic carbocycles.